The van der Waals surface area contributed by atoms with Crippen molar-refractivity contribution in [3.05, 3.63) is 106 Å². The molecule has 0 bridgehead atoms. The number of unbranched alkanes of at least 4 members (excludes halogenated alkanes) is 2. The highest BCUT2D eigenvalue weighted by molar-refractivity contribution is 6.00. The fourth-order valence-corrected chi connectivity index (χ4v) is 11.1. The average Bonchev–Trinajstić information content (AvgIpc) is 4.16. The zero-order valence-corrected chi connectivity index (χ0v) is 44.8. The van der Waals surface area contributed by atoms with Gasteiger partial charge in [-0.2, -0.15) is 0 Å². The lowest BCUT2D eigenvalue weighted by Gasteiger charge is -2.32. The number of likely N-dealkylation sites (N-methyl/N-ethyl adjacent to an activating group) is 2. The van der Waals surface area contributed by atoms with E-state index in [9.17, 15) is 38.4 Å². The molecule has 0 radical (unpaired) electrons. The van der Waals surface area contributed by atoms with Gasteiger partial charge in [0.05, 0.1) is 24.2 Å². The summed E-state index contributed by atoms with van der Waals surface area (Å²) >= 11 is 0. The topological polar surface area (TPSA) is 239 Å². The fourth-order valence-electron chi connectivity index (χ4n) is 11.1. The molecule has 3 aromatic carbocycles. The summed E-state index contributed by atoms with van der Waals surface area (Å²) in [4.78, 5) is 112. The van der Waals surface area contributed by atoms with Crippen molar-refractivity contribution in [2.24, 2.45) is 0 Å². The van der Waals surface area contributed by atoms with E-state index in [1.165, 1.54) is 17.2 Å². The van der Waals surface area contributed by atoms with Crippen molar-refractivity contribution in [3.63, 3.8) is 0 Å². The number of amides is 8. The van der Waals surface area contributed by atoms with E-state index in [-0.39, 0.29) is 72.4 Å². The van der Waals surface area contributed by atoms with Gasteiger partial charge < -0.3 is 52.3 Å². The predicted molar refractivity (Wildman–Crippen MR) is 290 cm³/mol. The van der Waals surface area contributed by atoms with Gasteiger partial charge in [-0.25, -0.2) is 0 Å². The maximum Gasteiger partial charge on any atom is 0.251 e. The first-order valence-electron chi connectivity index (χ1n) is 27.8. The number of carbonyl (C=O) groups is 8. The van der Waals surface area contributed by atoms with Crippen LogP contribution in [0, 0.1) is 0 Å². The lowest BCUT2D eigenvalue weighted by molar-refractivity contribution is -0.142. The lowest BCUT2D eigenvalue weighted by Crippen LogP contribution is -2.55. The van der Waals surface area contributed by atoms with E-state index in [0.29, 0.717) is 88.4 Å². The van der Waals surface area contributed by atoms with Gasteiger partial charge in [-0.15, -0.1) is 0 Å². The Morgan fingerprint density at radius 2 is 0.947 bits per heavy atom. The van der Waals surface area contributed by atoms with Crippen LogP contribution in [0.1, 0.15) is 159 Å². The molecule has 2 heterocycles. The third-order valence-corrected chi connectivity index (χ3v) is 15.7. The van der Waals surface area contributed by atoms with Gasteiger partial charge >= 0.3 is 0 Å². The Hall–Kier alpha value is -6.66. The Bertz CT molecular complexity index is 2370. The minimum atomic E-state index is -0.858. The Balaban J connectivity index is 0.862. The second kappa shape index (κ2) is 27.9. The molecule has 18 nitrogen and oxygen atoms in total. The number of carbonyl (C=O) groups excluding carboxylic acids is 8. The summed E-state index contributed by atoms with van der Waals surface area (Å²) in [5, 5.41) is 23.9. The Kier molecular flexibility index (Phi) is 21.0. The van der Waals surface area contributed by atoms with Crippen molar-refractivity contribution >= 4 is 47.3 Å². The van der Waals surface area contributed by atoms with Gasteiger partial charge in [-0.3, -0.25) is 38.4 Å². The van der Waals surface area contributed by atoms with Gasteiger partial charge in [0.15, 0.2) is 0 Å². The normalized spacial score (nSPS) is 20.4. The van der Waals surface area contributed by atoms with E-state index in [2.05, 4.69) is 66.8 Å². The van der Waals surface area contributed by atoms with Crippen molar-refractivity contribution in [2.75, 3.05) is 40.3 Å². The first-order chi connectivity index (χ1) is 36.8. The van der Waals surface area contributed by atoms with Crippen LogP contribution in [0.5, 0.6) is 0 Å². The van der Waals surface area contributed by atoms with Crippen molar-refractivity contribution in [2.45, 2.75) is 165 Å². The summed E-state index contributed by atoms with van der Waals surface area (Å²) in [6.45, 7) is 4.83. The number of rotatable bonds is 24. The van der Waals surface area contributed by atoms with Crippen molar-refractivity contribution in [1.29, 1.82) is 0 Å². The van der Waals surface area contributed by atoms with Crippen LogP contribution in [0.15, 0.2) is 72.8 Å². The van der Waals surface area contributed by atoms with Gasteiger partial charge in [0.2, 0.25) is 35.4 Å². The Labute approximate surface area is 447 Å². The van der Waals surface area contributed by atoms with E-state index in [1.807, 2.05) is 24.3 Å². The summed E-state index contributed by atoms with van der Waals surface area (Å²) in [6.07, 6.45) is 10.6. The van der Waals surface area contributed by atoms with Gasteiger partial charge in [-0.05, 0) is 171 Å². The van der Waals surface area contributed by atoms with E-state index in [4.69, 9.17) is 0 Å². The van der Waals surface area contributed by atoms with Crippen LogP contribution < -0.4 is 42.5 Å². The second-order valence-electron chi connectivity index (χ2n) is 20.9. The maximum atomic E-state index is 14.2. The fraction of sp³-hybridized carbons (Fsp3) is 0.552. The summed E-state index contributed by atoms with van der Waals surface area (Å²) in [6, 6.07) is 18.4. The molecule has 410 valence electrons. The molecule has 8 atom stereocenters. The van der Waals surface area contributed by atoms with Crippen LogP contribution in [-0.4, -0.2) is 134 Å². The van der Waals surface area contributed by atoms with Crippen molar-refractivity contribution in [3.8, 4) is 0 Å². The molecule has 1 unspecified atom stereocenters. The zero-order chi connectivity index (χ0) is 54.1. The van der Waals surface area contributed by atoms with E-state index in [1.54, 1.807) is 55.9 Å². The smallest absolute Gasteiger partial charge is 0.251 e. The Morgan fingerprint density at radius 1 is 0.526 bits per heavy atom. The van der Waals surface area contributed by atoms with Crippen LogP contribution in [0.25, 0.3) is 0 Å². The molecule has 3 aromatic rings. The van der Waals surface area contributed by atoms with Crippen LogP contribution in [0.3, 0.4) is 0 Å². The first kappa shape index (κ1) is 57.1. The third kappa shape index (κ3) is 14.8. The number of benzene rings is 3. The SMILES string of the molecule is CN[C@@H](C)C(=O)N[C@@H](CCCCNC(=O)c1cccc(C(=O)NCCCC[C@H](NC(=O)[C@H](C)NC)C(=O)N2CCC[C@H]2C(=O)N[C@@H]2CCCc3ccccc32)c1)C(=O)N1CCCC1C(=O)N[C@@H]1CCCc2ccccc21. The second-order valence-corrected chi connectivity index (χ2v) is 20.9. The van der Waals surface area contributed by atoms with E-state index < -0.39 is 36.3 Å². The van der Waals surface area contributed by atoms with Crippen molar-refractivity contribution < 1.29 is 38.4 Å². The molecule has 76 heavy (non-hydrogen) atoms. The number of aryl methyl sites for hydroxylation is 2. The number of nitrogens with one attached hydrogen (secondary N) is 8. The maximum absolute atomic E-state index is 14.2. The predicted octanol–water partition coefficient (Wildman–Crippen LogP) is 4.04. The minimum Gasteiger partial charge on any atom is -0.352 e. The highest BCUT2D eigenvalue weighted by Crippen LogP contribution is 2.32. The molecule has 0 spiro atoms. The third-order valence-electron chi connectivity index (χ3n) is 15.7. The summed E-state index contributed by atoms with van der Waals surface area (Å²) in [5.74, 6) is -2.34. The molecule has 8 N–H and O–H groups in total. The molecule has 2 fully saturated rings. The molecule has 2 aliphatic heterocycles. The number of hydrogen-bond acceptors (Lipinski definition) is 10. The lowest BCUT2D eigenvalue weighted by atomic mass is 9.87. The molecular weight excluding hydrogens is 965 g/mol. The van der Waals surface area contributed by atoms with Crippen LogP contribution in [-0.2, 0) is 41.6 Å². The van der Waals surface area contributed by atoms with E-state index >= 15 is 0 Å². The zero-order valence-electron chi connectivity index (χ0n) is 44.8. The molecule has 8 amide bonds. The van der Waals surface area contributed by atoms with Crippen LogP contribution in [0.2, 0.25) is 0 Å². The van der Waals surface area contributed by atoms with Gasteiger partial charge in [0.25, 0.3) is 11.8 Å². The molecule has 2 aliphatic carbocycles. The number of likely N-dealkylation sites (tertiary alicyclic amines) is 2. The van der Waals surface area contributed by atoms with Gasteiger partial charge in [-0.1, -0.05) is 54.6 Å². The monoisotopic (exact) mass is 1040 g/mol. The van der Waals surface area contributed by atoms with Crippen LogP contribution >= 0.6 is 0 Å². The highest BCUT2D eigenvalue weighted by atomic mass is 16.2. The molecule has 18 heteroatoms. The van der Waals surface area contributed by atoms with Gasteiger partial charge in [0.1, 0.15) is 24.2 Å². The molecule has 2 saturated heterocycles. The number of hydrogen-bond donors (Lipinski definition) is 8. The molecule has 0 saturated carbocycles. The minimum absolute atomic E-state index is 0.114. The first-order valence-corrected chi connectivity index (χ1v) is 27.8. The quantitative estimate of drug-likeness (QED) is 0.0600. The molecule has 0 aromatic heterocycles. The summed E-state index contributed by atoms with van der Waals surface area (Å²) in [5.41, 5.74) is 5.31. The summed E-state index contributed by atoms with van der Waals surface area (Å²) < 4.78 is 0. The number of fused-ring (bicyclic) bond motifs is 2. The standard InChI is InChI=1S/C58H80N10O8/c1-37(59-3)51(69)65-47(57(75)67-34-16-30-49(67)55(73)63-45-28-14-20-39-18-5-7-24-43(39)45)26-9-11-32-61-53(71)41-22-13-23-42(36-41)54(72)62-33-12-10-27-48(66-52(70)38(2)60-4)58(76)68-35-17-31-50(68)56(74)64-46-29-15-21-40-19-6-8-25-44(40)46/h5-8,13,18-19,22-25,36-38,45-50,59-60H,9-12,14-17,20-21,26-35H2,1-4H3,(H,61,71)(H,62,72)(H,63,73)(H,64,74)(H,65,69)(H,66,70)/t37-,38-,45+,46+,47-,48-,49-,50?/m0/s1. The van der Waals surface area contributed by atoms with E-state index in [0.717, 1.165) is 49.7 Å². The summed E-state index contributed by atoms with van der Waals surface area (Å²) in [7, 11) is 3.34. The van der Waals surface area contributed by atoms with Gasteiger partial charge in [0, 0.05) is 37.3 Å². The highest BCUT2D eigenvalue weighted by Gasteiger charge is 2.41. The Morgan fingerprint density at radius 3 is 1.37 bits per heavy atom. The molecule has 4 aliphatic rings. The average molecular weight is 1050 g/mol. The van der Waals surface area contributed by atoms with Crippen LogP contribution in [0.4, 0.5) is 0 Å². The largest absolute Gasteiger partial charge is 0.352 e. The number of nitrogens with zero attached hydrogens (tertiary/aromatic N) is 2. The molecule has 7 rings (SSSR count). The molecular formula is C58H80N10O8. The van der Waals surface area contributed by atoms with Crippen molar-refractivity contribution in [1.82, 2.24) is 52.3 Å².